The molecule has 0 radical (unpaired) electrons. The number of rotatable bonds is 8. The molecule has 1 aliphatic rings. The Kier molecular flexibility index (Phi) is 6.80. The van der Waals surface area contributed by atoms with Crippen LogP contribution in [-0.2, 0) is 10.5 Å². The van der Waals surface area contributed by atoms with Crippen LogP contribution in [0, 0.1) is 0 Å². The van der Waals surface area contributed by atoms with Crippen molar-refractivity contribution < 1.29 is 9.53 Å². The molecule has 1 N–H and O–H groups in total. The van der Waals surface area contributed by atoms with Crippen molar-refractivity contribution in [3.05, 3.63) is 60.2 Å². The van der Waals surface area contributed by atoms with E-state index < -0.39 is 0 Å². The van der Waals surface area contributed by atoms with E-state index in [0.29, 0.717) is 12.5 Å². The van der Waals surface area contributed by atoms with Gasteiger partial charge in [-0.3, -0.25) is 4.79 Å². The summed E-state index contributed by atoms with van der Waals surface area (Å²) in [5.74, 6) is 2.72. The molecule has 0 bridgehead atoms. The molecular weight excluding hydrogens is 330 g/mol. The topological polar surface area (TPSA) is 38.3 Å². The molecule has 25 heavy (non-hydrogen) atoms. The zero-order valence-electron chi connectivity index (χ0n) is 14.4. The Morgan fingerprint density at radius 1 is 1.04 bits per heavy atom. The van der Waals surface area contributed by atoms with E-state index in [-0.39, 0.29) is 5.91 Å². The Morgan fingerprint density at radius 2 is 1.76 bits per heavy atom. The number of thioether (sulfide) groups is 1. The quantitative estimate of drug-likeness (QED) is 0.656. The first-order valence-electron chi connectivity index (χ1n) is 8.98. The van der Waals surface area contributed by atoms with Gasteiger partial charge in [0.2, 0.25) is 5.91 Å². The van der Waals surface area contributed by atoms with Crippen LogP contribution in [0.15, 0.2) is 54.6 Å². The predicted molar refractivity (Wildman–Crippen MR) is 105 cm³/mol. The summed E-state index contributed by atoms with van der Waals surface area (Å²) in [6.07, 6.45) is 5.72. The van der Waals surface area contributed by atoms with E-state index in [0.717, 1.165) is 35.8 Å². The lowest BCUT2D eigenvalue weighted by Crippen LogP contribution is -2.13. The molecule has 0 aliphatic heterocycles. The van der Waals surface area contributed by atoms with Gasteiger partial charge in [0.1, 0.15) is 5.75 Å². The molecule has 0 spiro atoms. The van der Waals surface area contributed by atoms with Crippen molar-refractivity contribution in [3.8, 4) is 5.75 Å². The minimum atomic E-state index is 0.0602. The molecule has 0 atom stereocenters. The van der Waals surface area contributed by atoms with Gasteiger partial charge in [-0.1, -0.05) is 30.3 Å². The molecule has 1 saturated carbocycles. The molecule has 0 saturated heterocycles. The summed E-state index contributed by atoms with van der Waals surface area (Å²) in [6.45, 7) is 0. The zero-order chi connectivity index (χ0) is 17.3. The fraction of sp³-hybridized carbons (Fsp3) is 0.381. The first-order chi connectivity index (χ1) is 12.3. The van der Waals surface area contributed by atoms with Crippen LogP contribution in [0.1, 0.15) is 37.7 Å². The first-order valence-corrected chi connectivity index (χ1v) is 10.1. The van der Waals surface area contributed by atoms with Gasteiger partial charge >= 0.3 is 0 Å². The minimum Gasteiger partial charge on any atom is -0.490 e. The zero-order valence-corrected chi connectivity index (χ0v) is 15.3. The second-order valence-corrected chi connectivity index (χ2v) is 7.49. The summed E-state index contributed by atoms with van der Waals surface area (Å²) >= 11 is 1.78. The van der Waals surface area contributed by atoms with Crippen LogP contribution in [0.3, 0.4) is 0 Å². The highest BCUT2D eigenvalue weighted by molar-refractivity contribution is 7.98. The van der Waals surface area contributed by atoms with Gasteiger partial charge < -0.3 is 10.1 Å². The maximum absolute atomic E-state index is 12.0. The molecule has 4 heteroatoms. The Balaban J connectivity index is 1.35. The molecule has 2 aromatic rings. The van der Waals surface area contributed by atoms with Crippen LogP contribution in [0.5, 0.6) is 5.75 Å². The number of carbonyl (C=O) groups excluding carboxylic acids is 1. The van der Waals surface area contributed by atoms with Crippen LogP contribution < -0.4 is 10.1 Å². The minimum absolute atomic E-state index is 0.0602. The largest absolute Gasteiger partial charge is 0.490 e. The predicted octanol–water partition coefficient (Wildman–Crippen LogP) is 5.27. The molecule has 3 rings (SSSR count). The van der Waals surface area contributed by atoms with Crippen LogP contribution in [0.25, 0.3) is 0 Å². The number of benzene rings is 2. The summed E-state index contributed by atoms with van der Waals surface area (Å²) in [5.41, 5.74) is 2.13. The van der Waals surface area contributed by atoms with Gasteiger partial charge in [-0.2, -0.15) is 11.8 Å². The summed E-state index contributed by atoms with van der Waals surface area (Å²) in [4.78, 5) is 12.0. The third-order valence-electron chi connectivity index (χ3n) is 4.33. The van der Waals surface area contributed by atoms with Crippen LogP contribution in [-0.4, -0.2) is 17.8 Å². The van der Waals surface area contributed by atoms with Gasteiger partial charge in [-0.05, 0) is 55.5 Å². The van der Waals surface area contributed by atoms with E-state index >= 15 is 0 Å². The number of nitrogens with one attached hydrogen (secondary N) is 1. The highest BCUT2D eigenvalue weighted by Gasteiger charge is 2.16. The lowest BCUT2D eigenvalue weighted by atomic mass is 10.2. The van der Waals surface area contributed by atoms with Crippen LogP contribution in [0.4, 0.5) is 5.69 Å². The van der Waals surface area contributed by atoms with Gasteiger partial charge in [0.05, 0.1) is 6.10 Å². The third-order valence-corrected chi connectivity index (χ3v) is 5.36. The first kappa shape index (κ1) is 17.9. The lowest BCUT2D eigenvalue weighted by Gasteiger charge is -2.13. The molecule has 1 amide bonds. The smallest absolute Gasteiger partial charge is 0.225 e. The van der Waals surface area contributed by atoms with E-state index in [9.17, 15) is 4.79 Å². The van der Waals surface area contributed by atoms with E-state index in [4.69, 9.17) is 4.74 Å². The molecule has 132 valence electrons. The maximum atomic E-state index is 12.0. The highest BCUT2D eigenvalue weighted by atomic mass is 32.2. The fourth-order valence-electron chi connectivity index (χ4n) is 2.97. The van der Waals surface area contributed by atoms with E-state index in [1.165, 1.54) is 18.4 Å². The van der Waals surface area contributed by atoms with Gasteiger partial charge in [0, 0.05) is 23.6 Å². The standard InChI is InChI=1S/C21H25NO2S/c23-21(14-15-25-16-17-6-2-1-3-7-17)22-18-10-12-20(13-11-18)24-19-8-4-5-9-19/h1-3,6-7,10-13,19H,4-5,8-9,14-16H2,(H,22,23). The SMILES string of the molecule is O=C(CCSCc1ccccc1)Nc1ccc(OC2CCCC2)cc1. The number of hydrogen-bond donors (Lipinski definition) is 1. The molecule has 1 aliphatic carbocycles. The van der Waals surface area contributed by atoms with Crippen molar-refractivity contribution in [2.75, 3.05) is 11.1 Å². The second-order valence-electron chi connectivity index (χ2n) is 6.39. The number of amides is 1. The van der Waals surface area contributed by atoms with Crippen LogP contribution >= 0.6 is 11.8 Å². The molecule has 0 aromatic heterocycles. The van der Waals surface area contributed by atoms with E-state index in [1.54, 1.807) is 11.8 Å². The van der Waals surface area contributed by atoms with Crippen molar-refractivity contribution in [1.29, 1.82) is 0 Å². The summed E-state index contributed by atoms with van der Waals surface area (Å²) in [6, 6.07) is 18.1. The van der Waals surface area contributed by atoms with Crippen molar-refractivity contribution in [2.45, 2.75) is 44.0 Å². The fourth-order valence-corrected chi connectivity index (χ4v) is 3.87. The highest BCUT2D eigenvalue weighted by Crippen LogP contribution is 2.25. The number of anilines is 1. The van der Waals surface area contributed by atoms with Crippen molar-refractivity contribution >= 4 is 23.4 Å². The van der Waals surface area contributed by atoms with Crippen molar-refractivity contribution in [2.24, 2.45) is 0 Å². The van der Waals surface area contributed by atoms with Crippen LogP contribution in [0.2, 0.25) is 0 Å². The average molecular weight is 356 g/mol. The van der Waals surface area contributed by atoms with E-state index in [2.05, 4.69) is 17.4 Å². The molecule has 1 fully saturated rings. The van der Waals surface area contributed by atoms with E-state index in [1.807, 2.05) is 42.5 Å². The second kappa shape index (κ2) is 9.52. The Hall–Kier alpha value is -1.94. The van der Waals surface area contributed by atoms with Gasteiger partial charge in [0.25, 0.3) is 0 Å². The average Bonchev–Trinajstić information content (AvgIpc) is 3.14. The summed E-state index contributed by atoms with van der Waals surface area (Å²) in [5, 5.41) is 2.95. The summed E-state index contributed by atoms with van der Waals surface area (Å²) in [7, 11) is 0. The number of ether oxygens (including phenoxy) is 1. The molecular formula is C21H25NO2S. The molecule has 2 aromatic carbocycles. The van der Waals surface area contributed by atoms with Crippen molar-refractivity contribution in [3.63, 3.8) is 0 Å². The Labute approximate surface area is 154 Å². The normalized spacial score (nSPS) is 14.4. The Morgan fingerprint density at radius 3 is 2.48 bits per heavy atom. The monoisotopic (exact) mass is 355 g/mol. The molecule has 0 unspecified atom stereocenters. The Bertz CT molecular complexity index is 651. The lowest BCUT2D eigenvalue weighted by molar-refractivity contribution is -0.115. The van der Waals surface area contributed by atoms with Gasteiger partial charge in [-0.15, -0.1) is 0 Å². The number of hydrogen-bond acceptors (Lipinski definition) is 3. The molecule has 3 nitrogen and oxygen atoms in total. The van der Waals surface area contributed by atoms with Gasteiger partial charge in [0.15, 0.2) is 0 Å². The maximum Gasteiger partial charge on any atom is 0.225 e. The third kappa shape index (κ3) is 6.13. The van der Waals surface area contributed by atoms with Gasteiger partial charge in [-0.25, -0.2) is 0 Å². The summed E-state index contributed by atoms with van der Waals surface area (Å²) < 4.78 is 5.94. The molecule has 0 heterocycles. The van der Waals surface area contributed by atoms with Crippen molar-refractivity contribution in [1.82, 2.24) is 0 Å². The number of carbonyl (C=O) groups is 1.